The maximum absolute atomic E-state index is 5.27. The quantitative estimate of drug-likeness (QED) is 0.183. The number of hydrogen-bond acceptors (Lipinski definition) is 5. The van der Waals surface area contributed by atoms with Crippen LogP contribution in [0, 0.1) is 40.8 Å². The van der Waals surface area contributed by atoms with Gasteiger partial charge in [-0.1, -0.05) is 6.07 Å². The van der Waals surface area contributed by atoms with Crippen LogP contribution in [0.1, 0.15) is 0 Å². The van der Waals surface area contributed by atoms with E-state index in [9.17, 15) is 0 Å². The molecule has 3 heterocycles. The van der Waals surface area contributed by atoms with Gasteiger partial charge in [0, 0.05) is 36.2 Å². The molecule has 0 atom stereocenters. The molecule has 5 rings (SSSR count). The molecule has 5 aromatic rings. The Morgan fingerprint density at radius 1 is 0.583 bits per heavy atom. The first-order valence-electron chi connectivity index (χ1n) is 10.1. The van der Waals surface area contributed by atoms with E-state index in [0.717, 1.165) is 45.9 Å². The Hall–Kier alpha value is -2.17. The Bertz CT molecular complexity index is 1260. The Balaban J connectivity index is 0.00000162. The Labute approximate surface area is 261 Å². The van der Waals surface area contributed by atoms with Crippen molar-refractivity contribution in [2.24, 2.45) is 0 Å². The van der Waals surface area contributed by atoms with Crippen molar-refractivity contribution < 1.29 is 87.5 Å². The number of methoxy groups -OCH3 is 2. The Morgan fingerprint density at radius 2 is 0.972 bits per heavy atom. The standard InChI is InChI=1S/C25H21N5O2.3ClH.Nd/c1-31-20-10-6-18(7-11-20)29-16-14-26-24(29)22-4-3-5-23(28-22)25-27-15-17-30(25)19-8-12-21(32-2)13-9-19;;;;/h3-17H,1-2H3;3*1H;/q;;;;+3/p-3. The number of hydrogen-bond donors (Lipinski definition) is 0. The predicted molar refractivity (Wildman–Crippen MR) is 122 cm³/mol. The van der Waals surface area contributed by atoms with Gasteiger partial charge >= 0.3 is 40.8 Å². The second-order valence-corrected chi connectivity index (χ2v) is 7.05. The smallest absolute Gasteiger partial charge is 1.00 e. The van der Waals surface area contributed by atoms with Gasteiger partial charge < -0.3 is 46.7 Å². The van der Waals surface area contributed by atoms with Crippen molar-refractivity contribution in [1.29, 1.82) is 0 Å². The first-order chi connectivity index (χ1) is 15.8. The molecule has 3 aromatic heterocycles. The van der Waals surface area contributed by atoms with Gasteiger partial charge in [-0.3, -0.25) is 9.13 Å². The molecule has 1 radical (unpaired) electrons. The number of benzene rings is 2. The van der Waals surface area contributed by atoms with Crippen molar-refractivity contribution in [2.45, 2.75) is 0 Å². The van der Waals surface area contributed by atoms with E-state index in [2.05, 4.69) is 9.97 Å². The van der Waals surface area contributed by atoms with Crippen LogP contribution in [0.5, 0.6) is 11.5 Å². The zero-order valence-corrected chi connectivity index (χ0v) is 24.8. The minimum absolute atomic E-state index is 0. The second kappa shape index (κ2) is 14.5. The summed E-state index contributed by atoms with van der Waals surface area (Å²) in [5, 5.41) is 0. The molecule has 0 fully saturated rings. The van der Waals surface area contributed by atoms with Gasteiger partial charge in [-0.2, -0.15) is 0 Å². The molecule has 11 heteroatoms. The van der Waals surface area contributed by atoms with Gasteiger partial charge in [-0.25, -0.2) is 15.0 Å². The number of ether oxygens (including phenoxy) is 2. The summed E-state index contributed by atoms with van der Waals surface area (Å²) in [6.07, 6.45) is 7.38. The van der Waals surface area contributed by atoms with Gasteiger partial charge in [-0.05, 0) is 60.7 Å². The van der Waals surface area contributed by atoms with Gasteiger partial charge in [0.2, 0.25) is 0 Å². The van der Waals surface area contributed by atoms with Crippen LogP contribution >= 0.6 is 0 Å². The number of rotatable bonds is 6. The number of nitrogens with zero attached hydrogens (tertiary/aromatic N) is 5. The summed E-state index contributed by atoms with van der Waals surface area (Å²) in [6, 6.07) is 21.5. The van der Waals surface area contributed by atoms with Crippen LogP contribution in [0.3, 0.4) is 0 Å². The molecule has 0 spiro atoms. The molecule has 0 aliphatic heterocycles. The Morgan fingerprint density at radius 3 is 1.33 bits per heavy atom. The van der Waals surface area contributed by atoms with Gasteiger partial charge in [0.25, 0.3) is 0 Å². The van der Waals surface area contributed by atoms with Crippen molar-refractivity contribution in [3.05, 3.63) is 91.5 Å². The van der Waals surface area contributed by atoms with E-state index < -0.39 is 0 Å². The summed E-state index contributed by atoms with van der Waals surface area (Å²) in [4.78, 5) is 14.0. The first kappa shape index (κ1) is 31.9. The molecule has 0 bridgehead atoms. The third-order valence-electron chi connectivity index (χ3n) is 5.19. The van der Waals surface area contributed by atoms with Crippen molar-refractivity contribution >= 4 is 0 Å². The summed E-state index contributed by atoms with van der Waals surface area (Å²) in [5.41, 5.74) is 3.47. The topological polar surface area (TPSA) is 67.0 Å². The van der Waals surface area contributed by atoms with Gasteiger partial charge in [0.1, 0.15) is 22.9 Å². The fourth-order valence-electron chi connectivity index (χ4n) is 3.57. The maximum Gasteiger partial charge on any atom is 3.00 e. The van der Waals surface area contributed by atoms with E-state index in [1.165, 1.54) is 0 Å². The summed E-state index contributed by atoms with van der Waals surface area (Å²) in [6.45, 7) is 0. The molecule has 183 valence electrons. The number of pyridine rings is 1. The fourth-order valence-corrected chi connectivity index (χ4v) is 3.57. The van der Waals surface area contributed by atoms with E-state index in [-0.39, 0.29) is 78.1 Å². The van der Waals surface area contributed by atoms with Gasteiger partial charge in [0.15, 0.2) is 11.6 Å². The average molecular weight is 674 g/mol. The molecule has 0 saturated carbocycles. The van der Waals surface area contributed by atoms with Crippen molar-refractivity contribution in [1.82, 2.24) is 24.1 Å². The van der Waals surface area contributed by atoms with E-state index in [1.807, 2.05) is 88.3 Å². The first-order valence-corrected chi connectivity index (χ1v) is 10.1. The summed E-state index contributed by atoms with van der Waals surface area (Å²) in [5.74, 6) is 3.11. The minimum atomic E-state index is 0. The SMILES string of the molecule is COc1ccc(-n2ccnc2-c2cccc(-c3nccn3-c3ccc(OC)cc3)n2)cc1.[Cl-].[Cl-].[Cl-].[Nd+3]. The van der Waals surface area contributed by atoms with E-state index in [0.29, 0.717) is 0 Å². The van der Waals surface area contributed by atoms with Crippen molar-refractivity contribution in [2.75, 3.05) is 14.2 Å². The third-order valence-corrected chi connectivity index (χ3v) is 5.19. The molecular weight excluding hydrogens is 653 g/mol. The monoisotopic (exact) mass is 670 g/mol. The minimum Gasteiger partial charge on any atom is -1.00 e. The van der Waals surface area contributed by atoms with Crippen LogP contribution in [0.2, 0.25) is 0 Å². The van der Waals surface area contributed by atoms with Crippen molar-refractivity contribution in [3.63, 3.8) is 0 Å². The molecule has 0 unspecified atom stereocenters. The summed E-state index contributed by atoms with van der Waals surface area (Å²) >= 11 is 0. The average Bonchev–Trinajstić information content (AvgIpc) is 3.54. The van der Waals surface area contributed by atoms with Crippen LogP contribution in [-0.4, -0.2) is 38.3 Å². The fraction of sp³-hybridized carbons (Fsp3) is 0.0800. The van der Waals surface area contributed by atoms with Crippen molar-refractivity contribution in [3.8, 4) is 45.9 Å². The molecular formula is C25H21Cl3N5NdO2. The van der Waals surface area contributed by atoms with Crippen LogP contribution in [0.15, 0.2) is 91.5 Å². The molecule has 0 aliphatic rings. The molecule has 0 N–H and O–H groups in total. The number of halogens is 3. The maximum atomic E-state index is 5.27. The van der Waals surface area contributed by atoms with E-state index in [4.69, 9.17) is 14.5 Å². The zero-order chi connectivity index (χ0) is 21.9. The molecule has 2 aromatic carbocycles. The van der Waals surface area contributed by atoms with Crippen LogP contribution in [-0.2, 0) is 0 Å². The largest absolute Gasteiger partial charge is 3.00 e. The van der Waals surface area contributed by atoms with E-state index >= 15 is 0 Å². The molecule has 0 aliphatic carbocycles. The third kappa shape index (κ3) is 6.58. The molecule has 0 saturated heterocycles. The number of imidazole rings is 2. The summed E-state index contributed by atoms with van der Waals surface area (Å²) < 4.78 is 14.5. The van der Waals surface area contributed by atoms with Crippen LogP contribution in [0.25, 0.3) is 34.4 Å². The molecule has 36 heavy (non-hydrogen) atoms. The van der Waals surface area contributed by atoms with Gasteiger partial charge in [0.05, 0.1) is 14.2 Å². The van der Waals surface area contributed by atoms with Crippen LogP contribution in [0.4, 0.5) is 0 Å². The zero-order valence-electron chi connectivity index (χ0n) is 19.3. The Kier molecular flexibility index (Phi) is 12.9. The molecule has 0 amide bonds. The van der Waals surface area contributed by atoms with Gasteiger partial charge in [-0.15, -0.1) is 0 Å². The van der Waals surface area contributed by atoms with E-state index in [1.54, 1.807) is 26.6 Å². The summed E-state index contributed by atoms with van der Waals surface area (Å²) in [7, 11) is 3.31. The normalized spacial score (nSPS) is 9.61. The molecule has 7 nitrogen and oxygen atoms in total. The second-order valence-electron chi connectivity index (χ2n) is 7.05. The number of aromatic nitrogens is 5. The van der Waals surface area contributed by atoms with Crippen LogP contribution < -0.4 is 46.7 Å². The predicted octanol–water partition coefficient (Wildman–Crippen LogP) is -4.18.